The monoisotopic (exact) mass is 184 g/mol. The van der Waals surface area contributed by atoms with Crippen molar-refractivity contribution in [3.63, 3.8) is 0 Å². The first-order chi connectivity index (χ1) is 6.25. The summed E-state index contributed by atoms with van der Waals surface area (Å²) in [6, 6.07) is 0. The van der Waals surface area contributed by atoms with Gasteiger partial charge in [-0.25, -0.2) is 0 Å². The molecular formula is C12H24O. The van der Waals surface area contributed by atoms with Crippen molar-refractivity contribution in [1.29, 1.82) is 0 Å². The second-order valence-corrected chi connectivity index (χ2v) is 4.59. The second kappa shape index (κ2) is 5.64. The minimum absolute atomic E-state index is 0.0666. The van der Waals surface area contributed by atoms with Crippen LogP contribution in [0.2, 0.25) is 0 Å². The molecular weight excluding hydrogens is 160 g/mol. The Labute approximate surface area is 82.5 Å². The first-order valence-electron chi connectivity index (χ1n) is 5.93. The molecule has 0 spiro atoms. The number of rotatable bonds is 3. The van der Waals surface area contributed by atoms with Crippen molar-refractivity contribution in [1.82, 2.24) is 0 Å². The molecule has 1 rings (SSSR count). The first kappa shape index (κ1) is 11.0. The third-order valence-electron chi connectivity index (χ3n) is 3.67. The third-order valence-corrected chi connectivity index (χ3v) is 3.67. The van der Waals surface area contributed by atoms with Crippen LogP contribution < -0.4 is 0 Å². The van der Waals surface area contributed by atoms with Crippen LogP contribution in [0, 0.1) is 11.8 Å². The van der Waals surface area contributed by atoms with E-state index in [0.29, 0.717) is 5.92 Å². The molecule has 0 aliphatic heterocycles. The fraction of sp³-hybridized carbons (Fsp3) is 1.00. The number of hydrogen-bond acceptors (Lipinski definition) is 1. The van der Waals surface area contributed by atoms with Crippen molar-refractivity contribution in [2.45, 2.75) is 64.9 Å². The van der Waals surface area contributed by atoms with Crippen LogP contribution in [0.3, 0.4) is 0 Å². The maximum Gasteiger partial charge on any atom is 0.0565 e. The van der Waals surface area contributed by atoms with E-state index in [1.165, 1.54) is 38.5 Å². The lowest BCUT2D eigenvalue weighted by molar-refractivity contribution is 0.0738. The zero-order valence-corrected chi connectivity index (χ0v) is 9.13. The maximum absolute atomic E-state index is 9.77. The highest BCUT2D eigenvalue weighted by Crippen LogP contribution is 2.31. The number of hydrogen-bond donors (Lipinski definition) is 1. The van der Waals surface area contributed by atoms with Gasteiger partial charge in [0, 0.05) is 0 Å². The predicted octanol–water partition coefficient (Wildman–Crippen LogP) is 3.36. The summed E-state index contributed by atoms with van der Waals surface area (Å²) in [7, 11) is 0. The molecule has 13 heavy (non-hydrogen) atoms. The lowest BCUT2D eigenvalue weighted by atomic mass is 9.83. The van der Waals surface area contributed by atoms with Crippen LogP contribution in [0.4, 0.5) is 0 Å². The average molecular weight is 184 g/mol. The van der Waals surface area contributed by atoms with Gasteiger partial charge in [-0.1, -0.05) is 52.4 Å². The van der Waals surface area contributed by atoms with Gasteiger partial charge in [0.25, 0.3) is 0 Å². The Morgan fingerprint density at radius 2 is 1.69 bits per heavy atom. The molecule has 1 heteroatoms. The Kier molecular flexibility index (Phi) is 4.79. The quantitative estimate of drug-likeness (QED) is 0.667. The lowest BCUT2D eigenvalue weighted by Crippen LogP contribution is -2.24. The van der Waals surface area contributed by atoms with Crippen molar-refractivity contribution in [3.8, 4) is 0 Å². The summed E-state index contributed by atoms with van der Waals surface area (Å²) in [4.78, 5) is 0. The summed E-state index contributed by atoms with van der Waals surface area (Å²) in [5.41, 5.74) is 0. The third kappa shape index (κ3) is 3.30. The highest BCUT2D eigenvalue weighted by molar-refractivity contribution is 4.74. The van der Waals surface area contributed by atoms with Crippen LogP contribution in [0.15, 0.2) is 0 Å². The Morgan fingerprint density at radius 1 is 1.15 bits per heavy atom. The van der Waals surface area contributed by atoms with Gasteiger partial charge >= 0.3 is 0 Å². The van der Waals surface area contributed by atoms with E-state index < -0.39 is 0 Å². The minimum Gasteiger partial charge on any atom is -0.393 e. The molecule has 0 bridgehead atoms. The van der Waals surface area contributed by atoms with Gasteiger partial charge in [0.2, 0.25) is 0 Å². The predicted molar refractivity (Wildman–Crippen MR) is 56.7 cm³/mol. The molecule has 0 heterocycles. The Balaban J connectivity index is 2.38. The molecule has 1 saturated carbocycles. The molecule has 1 aliphatic rings. The summed E-state index contributed by atoms with van der Waals surface area (Å²) in [5.74, 6) is 1.31. The van der Waals surface area contributed by atoms with Gasteiger partial charge in [0.05, 0.1) is 6.10 Å². The number of aliphatic hydroxyl groups is 1. The minimum atomic E-state index is -0.0666. The largest absolute Gasteiger partial charge is 0.393 e. The summed E-state index contributed by atoms with van der Waals surface area (Å²) < 4.78 is 0. The molecule has 0 radical (unpaired) electrons. The number of aliphatic hydroxyl groups excluding tert-OH is 1. The van der Waals surface area contributed by atoms with Gasteiger partial charge in [0.15, 0.2) is 0 Å². The van der Waals surface area contributed by atoms with Crippen LogP contribution in [0.25, 0.3) is 0 Å². The summed E-state index contributed by atoms with van der Waals surface area (Å²) in [6.45, 7) is 4.31. The molecule has 0 aromatic heterocycles. The summed E-state index contributed by atoms with van der Waals surface area (Å²) >= 11 is 0. The van der Waals surface area contributed by atoms with E-state index >= 15 is 0 Å². The van der Waals surface area contributed by atoms with Gasteiger partial charge in [-0.05, 0) is 18.3 Å². The highest BCUT2D eigenvalue weighted by Gasteiger charge is 2.23. The van der Waals surface area contributed by atoms with Gasteiger partial charge in [-0.2, -0.15) is 0 Å². The van der Waals surface area contributed by atoms with Crippen molar-refractivity contribution >= 4 is 0 Å². The SMILES string of the molecule is CCC(O)C(C)C1CCCCCC1. The molecule has 0 aromatic rings. The molecule has 1 aliphatic carbocycles. The first-order valence-corrected chi connectivity index (χ1v) is 5.93. The Hall–Kier alpha value is -0.0400. The van der Waals surface area contributed by atoms with E-state index in [9.17, 15) is 5.11 Å². The van der Waals surface area contributed by atoms with E-state index in [4.69, 9.17) is 0 Å². The molecule has 0 aromatic carbocycles. The van der Waals surface area contributed by atoms with Gasteiger partial charge in [-0.15, -0.1) is 0 Å². The van der Waals surface area contributed by atoms with Crippen LogP contribution in [-0.4, -0.2) is 11.2 Å². The van der Waals surface area contributed by atoms with Crippen molar-refractivity contribution < 1.29 is 5.11 Å². The molecule has 1 N–H and O–H groups in total. The molecule has 78 valence electrons. The van der Waals surface area contributed by atoms with Crippen molar-refractivity contribution in [2.24, 2.45) is 11.8 Å². The van der Waals surface area contributed by atoms with Crippen LogP contribution in [0.5, 0.6) is 0 Å². The van der Waals surface area contributed by atoms with Crippen LogP contribution >= 0.6 is 0 Å². The molecule has 1 fully saturated rings. The van der Waals surface area contributed by atoms with E-state index in [0.717, 1.165) is 12.3 Å². The van der Waals surface area contributed by atoms with Crippen LogP contribution in [0.1, 0.15) is 58.8 Å². The summed E-state index contributed by atoms with van der Waals surface area (Å²) in [6.07, 6.45) is 9.12. The van der Waals surface area contributed by atoms with E-state index in [1.807, 2.05) is 0 Å². The molecule has 1 nitrogen and oxygen atoms in total. The van der Waals surface area contributed by atoms with Crippen LogP contribution in [-0.2, 0) is 0 Å². The van der Waals surface area contributed by atoms with Gasteiger partial charge in [0.1, 0.15) is 0 Å². The maximum atomic E-state index is 9.77. The van der Waals surface area contributed by atoms with Gasteiger partial charge in [-0.3, -0.25) is 0 Å². The molecule has 0 amide bonds. The molecule has 2 unspecified atom stereocenters. The molecule has 0 saturated heterocycles. The zero-order valence-electron chi connectivity index (χ0n) is 9.13. The standard InChI is InChI=1S/C12H24O/c1-3-12(13)10(2)11-8-6-4-5-7-9-11/h10-13H,3-9H2,1-2H3. The highest BCUT2D eigenvalue weighted by atomic mass is 16.3. The lowest BCUT2D eigenvalue weighted by Gasteiger charge is -2.26. The van der Waals surface area contributed by atoms with Crippen molar-refractivity contribution in [3.05, 3.63) is 0 Å². The fourth-order valence-electron chi connectivity index (χ4n) is 2.52. The normalized spacial score (nSPS) is 25.2. The molecule has 2 atom stereocenters. The zero-order chi connectivity index (χ0) is 9.68. The van der Waals surface area contributed by atoms with Crippen molar-refractivity contribution in [2.75, 3.05) is 0 Å². The van der Waals surface area contributed by atoms with E-state index in [2.05, 4.69) is 13.8 Å². The summed E-state index contributed by atoms with van der Waals surface area (Å²) in [5, 5.41) is 9.77. The second-order valence-electron chi connectivity index (χ2n) is 4.59. The van der Waals surface area contributed by atoms with Gasteiger partial charge < -0.3 is 5.11 Å². The van der Waals surface area contributed by atoms with E-state index in [1.54, 1.807) is 0 Å². The average Bonchev–Trinajstić information content (AvgIpc) is 2.43. The smallest absolute Gasteiger partial charge is 0.0565 e. The fourth-order valence-corrected chi connectivity index (χ4v) is 2.52. The van der Waals surface area contributed by atoms with E-state index in [-0.39, 0.29) is 6.10 Å². The Morgan fingerprint density at radius 3 is 2.15 bits per heavy atom. The topological polar surface area (TPSA) is 20.2 Å². The Bertz CT molecular complexity index is 125.